The second-order valence-electron chi connectivity index (χ2n) is 5.22. The third-order valence-corrected chi connectivity index (χ3v) is 8.74. The second-order valence-corrected chi connectivity index (χ2v) is 10.8. The summed E-state index contributed by atoms with van der Waals surface area (Å²) >= 11 is 1.33. The monoisotopic (exact) mass is 321 g/mol. The molecule has 7 heteroatoms. The van der Waals surface area contributed by atoms with E-state index in [2.05, 4.69) is 0 Å². The Bertz CT molecular complexity index is 589. The molecule has 0 spiro atoms. The molecule has 19 heavy (non-hydrogen) atoms. The number of sulfonamides is 1. The quantitative estimate of drug-likeness (QED) is 0.853. The molecule has 1 aliphatic heterocycles. The summed E-state index contributed by atoms with van der Waals surface area (Å²) in [6.07, 6.45) is 0.843. The van der Waals surface area contributed by atoms with Crippen LogP contribution < -0.4 is 0 Å². The van der Waals surface area contributed by atoms with Crippen molar-refractivity contribution in [2.75, 3.05) is 18.8 Å². The zero-order valence-electron chi connectivity index (χ0n) is 11.4. The lowest BCUT2D eigenvalue weighted by Crippen LogP contribution is -2.51. The molecule has 1 aromatic rings. The molecule has 1 aliphatic rings. The Hall–Kier alpha value is -0.240. The number of thiophene rings is 1. The summed E-state index contributed by atoms with van der Waals surface area (Å²) in [4.78, 5) is 1.07. The zero-order valence-corrected chi connectivity index (χ0v) is 13.8. The van der Waals surface area contributed by atoms with Gasteiger partial charge in [-0.05, 0) is 32.4 Å². The van der Waals surface area contributed by atoms with E-state index in [1.807, 2.05) is 26.8 Å². The summed E-state index contributed by atoms with van der Waals surface area (Å²) < 4.78 is 38.4. The second kappa shape index (κ2) is 5.27. The Morgan fingerprint density at radius 2 is 2.11 bits per heavy atom. The molecule has 1 aromatic heterocycles. The van der Waals surface area contributed by atoms with E-state index in [1.54, 1.807) is 6.07 Å². The van der Waals surface area contributed by atoms with Crippen molar-refractivity contribution in [1.29, 1.82) is 0 Å². The van der Waals surface area contributed by atoms with Gasteiger partial charge in [-0.3, -0.25) is 4.21 Å². The van der Waals surface area contributed by atoms with Crippen LogP contribution in [0, 0.1) is 0 Å². The van der Waals surface area contributed by atoms with Crippen LogP contribution in [0.1, 0.15) is 25.6 Å². The van der Waals surface area contributed by atoms with Gasteiger partial charge in [-0.1, -0.05) is 6.92 Å². The summed E-state index contributed by atoms with van der Waals surface area (Å²) in [5.74, 6) is 0.415. The van der Waals surface area contributed by atoms with Crippen LogP contribution in [0.2, 0.25) is 0 Å². The Labute approximate surface area is 121 Å². The van der Waals surface area contributed by atoms with E-state index in [-0.39, 0.29) is 0 Å². The predicted molar refractivity (Wildman–Crippen MR) is 79.5 cm³/mol. The minimum Gasteiger partial charge on any atom is -0.259 e. The van der Waals surface area contributed by atoms with Crippen LogP contribution in [0.25, 0.3) is 0 Å². The lowest BCUT2D eigenvalue weighted by Gasteiger charge is -2.36. The number of hydrogen-bond donors (Lipinski definition) is 0. The first-order valence-electron chi connectivity index (χ1n) is 6.25. The van der Waals surface area contributed by atoms with Crippen LogP contribution in [-0.2, 0) is 27.2 Å². The van der Waals surface area contributed by atoms with E-state index in [0.29, 0.717) is 23.1 Å². The molecule has 2 heterocycles. The van der Waals surface area contributed by atoms with Gasteiger partial charge >= 0.3 is 0 Å². The summed E-state index contributed by atoms with van der Waals surface area (Å²) in [6, 6.07) is 3.54. The fraction of sp³-hybridized carbons (Fsp3) is 0.667. The molecule has 1 fully saturated rings. The third-order valence-electron chi connectivity index (χ3n) is 3.28. The van der Waals surface area contributed by atoms with Crippen molar-refractivity contribution in [3.05, 3.63) is 17.0 Å². The van der Waals surface area contributed by atoms with E-state index in [4.69, 9.17) is 0 Å². The van der Waals surface area contributed by atoms with Crippen molar-refractivity contribution < 1.29 is 12.6 Å². The van der Waals surface area contributed by atoms with Gasteiger partial charge < -0.3 is 0 Å². The molecule has 0 aromatic carbocycles. The summed E-state index contributed by atoms with van der Waals surface area (Å²) in [6.45, 7) is 6.39. The number of nitrogens with zero attached hydrogens (tertiary/aromatic N) is 1. The van der Waals surface area contributed by atoms with Gasteiger partial charge in [0.2, 0.25) is 0 Å². The largest absolute Gasteiger partial charge is 0.259 e. The van der Waals surface area contributed by atoms with Gasteiger partial charge in [-0.15, -0.1) is 11.3 Å². The molecule has 108 valence electrons. The van der Waals surface area contributed by atoms with Crippen LogP contribution in [0.15, 0.2) is 16.3 Å². The highest BCUT2D eigenvalue weighted by atomic mass is 32.2. The number of rotatable bonds is 3. The first-order valence-corrected chi connectivity index (χ1v) is 9.82. The first kappa shape index (κ1) is 15.2. The smallest absolute Gasteiger partial charge is 0.252 e. The maximum atomic E-state index is 12.5. The Kier molecular flexibility index (Phi) is 4.21. The highest BCUT2D eigenvalue weighted by molar-refractivity contribution is 7.91. The number of hydrogen-bond acceptors (Lipinski definition) is 4. The Morgan fingerprint density at radius 3 is 2.63 bits per heavy atom. The van der Waals surface area contributed by atoms with Crippen LogP contribution in [-0.4, -0.2) is 40.5 Å². The molecule has 0 radical (unpaired) electrons. The fourth-order valence-electron chi connectivity index (χ4n) is 2.06. The highest BCUT2D eigenvalue weighted by Gasteiger charge is 2.39. The molecule has 0 N–H and O–H groups in total. The average Bonchev–Trinajstić information content (AvgIpc) is 2.81. The average molecular weight is 321 g/mol. The predicted octanol–water partition coefficient (Wildman–Crippen LogP) is 1.84. The van der Waals surface area contributed by atoms with E-state index in [0.717, 1.165) is 11.3 Å². The summed E-state index contributed by atoms with van der Waals surface area (Å²) in [5, 5.41) is 0. The normalized spacial score (nSPS) is 24.5. The van der Waals surface area contributed by atoms with Crippen molar-refractivity contribution in [3.63, 3.8) is 0 Å². The Morgan fingerprint density at radius 1 is 1.42 bits per heavy atom. The van der Waals surface area contributed by atoms with Crippen LogP contribution in [0.5, 0.6) is 0 Å². The lowest BCUT2D eigenvalue weighted by molar-refractivity contribution is 0.379. The summed E-state index contributed by atoms with van der Waals surface area (Å²) in [7, 11) is -4.39. The van der Waals surface area contributed by atoms with Gasteiger partial charge in [-0.2, -0.15) is 4.31 Å². The standard InChI is InChI=1S/C12H19NO3S3/c1-4-10-5-6-11(17-10)19(15,16)13-7-8-18(14)12(2,3)9-13/h5-6H,4,7-9H2,1-3H3/t18-/m0/s1. The van der Waals surface area contributed by atoms with Crippen molar-refractivity contribution >= 4 is 32.2 Å². The number of aryl methyl sites for hydroxylation is 1. The van der Waals surface area contributed by atoms with Gasteiger partial charge in [0.05, 0.1) is 4.75 Å². The van der Waals surface area contributed by atoms with Gasteiger partial charge in [-0.25, -0.2) is 8.42 Å². The minimum atomic E-state index is -3.43. The van der Waals surface area contributed by atoms with Crippen molar-refractivity contribution in [3.8, 4) is 0 Å². The molecule has 4 nitrogen and oxygen atoms in total. The van der Waals surface area contributed by atoms with Gasteiger partial charge in [0.1, 0.15) is 4.21 Å². The van der Waals surface area contributed by atoms with E-state index in [1.165, 1.54) is 15.6 Å². The highest BCUT2D eigenvalue weighted by Crippen LogP contribution is 2.29. The van der Waals surface area contributed by atoms with Crippen LogP contribution >= 0.6 is 11.3 Å². The Balaban J connectivity index is 2.28. The molecule has 0 bridgehead atoms. The van der Waals surface area contributed by atoms with E-state index in [9.17, 15) is 12.6 Å². The van der Waals surface area contributed by atoms with Gasteiger partial charge in [0.15, 0.2) is 0 Å². The van der Waals surface area contributed by atoms with E-state index < -0.39 is 25.6 Å². The molecule has 0 amide bonds. The van der Waals surface area contributed by atoms with E-state index >= 15 is 0 Å². The first-order chi connectivity index (χ1) is 8.77. The maximum Gasteiger partial charge on any atom is 0.252 e. The molecule has 1 saturated heterocycles. The third kappa shape index (κ3) is 2.94. The molecule has 0 unspecified atom stereocenters. The van der Waals surface area contributed by atoms with Crippen LogP contribution in [0.3, 0.4) is 0 Å². The molecule has 2 rings (SSSR count). The maximum absolute atomic E-state index is 12.5. The molecule has 0 aliphatic carbocycles. The molecule has 0 saturated carbocycles. The van der Waals surface area contributed by atoms with Crippen molar-refractivity contribution in [2.24, 2.45) is 0 Å². The molecule has 1 atom stereocenters. The lowest BCUT2D eigenvalue weighted by atomic mass is 10.2. The molecular formula is C12H19NO3S3. The SMILES string of the molecule is CCc1ccc(S(=O)(=O)N2CC[S@](=O)C(C)(C)C2)s1. The summed E-state index contributed by atoms with van der Waals surface area (Å²) in [5.41, 5.74) is 0. The molecular weight excluding hydrogens is 302 g/mol. The minimum absolute atomic E-state index is 0.321. The van der Waals surface area contributed by atoms with Gasteiger partial charge in [0, 0.05) is 34.5 Å². The van der Waals surface area contributed by atoms with Crippen molar-refractivity contribution in [2.45, 2.75) is 36.1 Å². The van der Waals surface area contributed by atoms with Gasteiger partial charge in [0.25, 0.3) is 10.0 Å². The topological polar surface area (TPSA) is 54.5 Å². The fourth-order valence-corrected chi connectivity index (χ4v) is 6.54. The van der Waals surface area contributed by atoms with Crippen molar-refractivity contribution in [1.82, 2.24) is 4.31 Å². The van der Waals surface area contributed by atoms with Crippen LogP contribution in [0.4, 0.5) is 0 Å². The zero-order chi connectivity index (χ0) is 14.3.